The quantitative estimate of drug-likeness (QED) is 0.699. The molecule has 0 atom stereocenters. The Bertz CT molecular complexity index is 805. The first kappa shape index (κ1) is 20.5. The van der Waals surface area contributed by atoms with Crippen molar-refractivity contribution in [2.75, 3.05) is 19.6 Å². The first-order valence-electron chi connectivity index (χ1n) is 10.8. The van der Waals surface area contributed by atoms with Gasteiger partial charge in [0.2, 0.25) is 0 Å². The van der Waals surface area contributed by atoms with Crippen molar-refractivity contribution in [2.24, 2.45) is 11.8 Å². The maximum absolute atomic E-state index is 12.7. The lowest BCUT2D eigenvalue weighted by molar-refractivity contribution is 0.0184. The van der Waals surface area contributed by atoms with Gasteiger partial charge in [0.1, 0.15) is 5.60 Å². The summed E-state index contributed by atoms with van der Waals surface area (Å²) in [6.45, 7) is 8.69. The standard InChI is InChI=1S/C23H31ClN2O3/c1-23(2,3)29-22(28)25-8-6-15(7-9-25)10-17-11-18-14-26(13-16-4-5-16)21(27)20(18)19(24)12-17/h11-12,15-16H,4-10,13-14H2,1-3H3. The molecule has 6 heteroatoms. The second-order valence-corrected chi connectivity index (χ2v) is 10.3. The van der Waals surface area contributed by atoms with Gasteiger partial charge in [-0.1, -0.05) is 17.7 Å². The summed E-state index contributed by atoms with van der Waals surface area (Å²) in [5, 5.41) is 0.590. The van der Waals surface area contributed by atoms with Gasteiger partial charge in [-0.15, -0.1) is 0 Å². The zero-order valence-corrected chi connectivity index (χ0v) is 18.4. The van der Waals surface area contributed by atoms with Gasteiger partial charge in [0.05, 0.1) is 10.6 Å². The molecule has 2 aliphatic heterocycles. The summed E-state index contributed by atoms with van der Waals surface area (Å²) < 4.78 is 5.48. The summed E-state index contributed by atoms with van der Waals surface area (Å²) >= 11 is 6.51. The fourth-order valence-corrected chi connectivity index (χ4v) is 4.72. The smallest absolute Gasteiger partial charge is 0.410 e. The number of ether oxygens (including phenoxy) is 1. The van der Waals surface area contributed by atoms with E-state index in [9.17, 15) is 9.59 Å². The van der Waals surface area contributed by atoms with Crippen LogP contribution in [-0.2, 0) is 17.7 Å². The Morgan fingerprint density at radius 3 is 2.45 bits per heavy atom. The molecule has 2 fully saturated rings. The van der Waals surface area contributed by atoms with Gasteiger partial charge in [-0.25, -0.2) is 4.79 Å². The number of halogens is 1. The molecule has 1 saturated carbocycles. The number of benzene rings is 1. The van der Waals surface area contributed by atoms with Crippen LogP contribution in [0, 0.1) is 11.8 Å². The van der Waals surface area contributed by atoms with Crippen molar-refractivity contribution in [3.8, 4) is 0 Å². The van der Waals surface area contributed by atoms with E-state index >= 15 is 0 Å². The van der Waals surface area contributed by atoms with E-state index in [0.29, 0.717) is 29.0 Å². The minimum absolute atomic E-state index is 0.0918. The highest BCUT2D eigenvalue weighted by Gasteiger charge is 2.34. The molecule has 1 aliphatic carbocycles. The highest BCUT2D eigenvalue weighted by atomic mass is 35.5. The summed E-state index contributed by atoms with van der Waals surface area (Å²) in [5.41, 5.74) is 2.52. The van der Waals surface area contributed by atoms with Crippen LogP contribution in [-0.4, -0.2) is 47.0 Å². The van der Waals surface area contributed by atoms with Crippen molar-refractivity contribution in [3.05, 3.63) is 33.8 Å². The number of fused-ring (bicyclic) bond motifs is 1. The van der Waals surface area contributed by atoms with Crippen molar-refractivity contribution in [3.63, 3.8) is 0 Å². The van der Waals surface area contributed by atoms with Crippen LogP contribution in [0.3, 0.4) is 0 Å². The lowest BCUT2D eigenvalue weighted by Gasteiger charge is -2.33. The second-order valence-electron chi connectivity index (χ2n) is 9.86. The molecule has 2 heterocycles. The van der Waals surface area contributed by atoms with Crippen LogP contribution in [0.25, 0.3) is 0 Å². The Morgan fingerprint density at radius 2 is 1.83 bits per heavy atom. The Morgan fingerprint density at radius 1 is 1.14 bits per heavy atom. The van der Waals surface area contributed by atoms with E-state index in [0.717, 1.165) is 44.5 Å². The SMILES string of the molecule is CC(C)(C)OC(=O)N1CCC(Cc2cc(Cl)c3c(c2)CN(CC2CC2)C3=O)CC1. The Labute approximate surface area is 178 Å². The van der Waals surface area contributed by atoms with Crippen LogP contribution in [0.4, 0.5) is 4.79 Å². The summed E-state index contributed by atoms with van der Waals surface area (Å²) in [6.07, 6.45) is 5.11. The Kier molecular flexibility index (Phi) is 5.54. The van der Waals surface area contributed by atoms with Crippen molar-refractivity contribution in [1.29, 1.82) is 0 Å². The summed E-state index contributed by atoms with van der Waals surface area (Å²) in [6, 6.07) is 4.14. The van der Waals surface area contributed by atoms with Crippen LogP contribution in [0.1, 0.15) is 67.9 Å². The third kappa shape index (κ3) is 4.88. The van der Waals surface area contributed by atoms with E-state index in [4.69, 9.17) is 16.3 Å². The van der Waals surface area contributed by atoms with Crippen molar-refractivity contribution in [1.82, 2.24) is 9.80 Å². The van der Waals surface area contributed by atoms with Crippen LogP contribution in [0.15, 0.2) is 12.1 Å². The monoisotopic (exact) mass is 418 g/mol. The minimum atomic E-state index is -0.458. The predicted molar refractivity (Wildman–Crippen MR) is 113 cm³/mol. The third-order valence-electron chi connectivity index (χ3n) is 6.06. The fraction of sp³-hybridized carbons (Fsp3) is 0.652. The number of nitrogens with zero attached hydrogens (tertiary/aromatic N) is 2. The highest BCUT2D eigenvalue weighted by Crippen LogP contribution is 2.36. The largest absolute Gasteiger partial charge is 0.444 e. The Balaban J connectivity index is 1.35. The number of carbonyl (C=O) groups excluding carboxylic acids is 2. The van der Waals surface area contributed by atoms with Gasteiger partial charge in [0.15, 0.2) is 0 Å². The molecule has 1 aromatic rings. The molecule has 5 nitrogen and oxygen atoms in total. The van der Waals surface area contributed by atoms with Crippen LogP contribution < -0.4 is 0 Å². The number of carbonyl (C=O) groups is 2. The molecule has 0 spiro atoms. The normalized spacial score (nSPS) is 20.2. The number of piperidine rings is 1. The molecule has 0 N–H and O–H groups in total. The van der Waals surface area contributed by atoms with Gasteiger partial charge in [-0.3, -0.25) is 4.79 Å². The van der Waals surface area contributed by atoms with Crippen LogP contribution >= 0.6 is 11.6 Å². The second kappa shape index (κ2) is 7.82. The number of rotatable bonds is 4. The van der Waals surface area contributed by atoms with Gasteiger partial charge in [0.25, 0.3) is 5.91 Å². The van der Waals surface area contributed by atoms with Crippen molar-refractivity contribution in [2.45, 2.75) is 65.0 Å². The molecule has 29 heavy (non-hydrogen) atoms. The number of likely N-dealkylation sites (tertiary alicyclic amines) is 1. The van der Waals surface area contributed by atoms with E-state index < -0.39 is 5.60 Å². The van der Waals surface area contributed by atoms with Gasteiger partial charge >= 0.3 is 6.09 Å². The number of hydrogen-bond donors (Lipinski definition) is 0. The molecule has 0 bridgehead atoms. The summed E-state index contributed by atoms with van der Waals surface area (Å²) in [7, 11) is 0. The van der Waals surface area contributed by atoms with E-state index in [1.165, 1.54) is 18.4 Å². The Hall–Kier alpha value is -1.75. The molecule has 0 unspecified atom stereocenters. The van der Waals surface area contributed by atoms with Gasteiger partial charge in [-0.2, -0.15) is 0 Å². The van der Waals surface area contributed by atoms with Crippen molar-refractivity contribution >= 4 is 23.6 Å². The molecule has 2 amide bonds. The topological polar surface area (TPSA) is 49.9 Å². The minimum Gasteiger partial charge on any atom is -0.444 e. The lowest BCUT2D eigenvalue weighted by Crippen LogP contribution is -2.42. The maximum Gasteiger partial charge on any atom is 0.410 e. The zero-order valence-electron chi connectivity index (χ0n) is 17.7. The molecule has 158 valence electrons. The fourth-order valence-electron chi connectivity index (χ4n) is 4.38. The molecule has 0 aromatic heterocycles. The summed E-state index contributed by atoms with van der Waals surface area (Å²) in [4.78, 5) is 28.7. The average Bonchev–Trinajstić information content (AvgIpc) is 3.38. The van der Waals surface area contributed by atoms with Gasteiger partial charge in [0, 0.05) is 26.2 Å². The van der Waals surface area contributed by atoms with Crippen LogP contribution in [0.2, 0.25) is 5.02 Å². The zero-order chi connectivity index (χ0) is 20.8. The number of amides is 2. The van der Waals surface area contributed by atoms with Crippen LogP contribution in [0.5, 0.6) is 0 Å². The number of hydrogen-bond acceptors (Lipinski definition) is 3. The molecule has 1 aromatic carbocycles. The molecule has 1 saturated heterocycles. The van der Waals surface area contributed by atoms with Gasteiger partial charge in [-0.05, 0) is 81.9 Å². The third-order valence-corrected chi connectivity index (χ3v) is 6.36. The molecule has 4 rings (SSSR count). The van der Waals surface area contributed by atoms with Gasteiger partial charge < -0.3 is 14.5 Å². The molecule has 3 aliphatic rings. The summed E-state index contributed by atoms with van der Waals surface area (Å²) in [5.74, 6) is 1.29. The first-order valence-corrected chi connectivity index (χ1v) is 11.2. The van der Waals surface area contributed by atoms with E-state index in [-0.39, 0.29) is 12.0 Å². The van der Waals surface area contributed by atoms with E-state index in [1.807, 2.05) is 36.6 Å². The highest BCUT2D eigenvalue weighted by molar-refractivity contribution is 6.34. The van der Waals surface area contributed by atoms with E-state index in [2.05, 4.69) is 6.07 Å². The lowest BCUT2D eigenvalue weighted by atomic mass is 9.89. The van der Waals surface area contributed by atoms with Crippen molar-refractivity contribution < 1.29 is 14.3 Å². The van der Waals surface area contributed by atoms with E-state index in [1.54, 1.807) is 0 Å². The average molecular weight is 419 g/mol. The predicted octanol–water partition coefficient (Wildman–Crippen LogP) is 4.90. The molecule has 0 radical (unpaired) electrons. The molecular weight excluding hydrogens is 388 g/mol. The molecular formula is C23H31ClN2O3. The first-order chi connectivity index (χ1) is 13.7. The maximum atomic E-state index is 12.7.